The molecule has 0 N–H and O–H groups in total. The van der Waals surface area contributed by atoms with Gasteiger partial charge in [-0.3, -0.25) is 0 Å². The van der Waals surface area contributed by atoms with E-state index in [9.17, 15) is 0 Å². The van der Waals surface area contributed by atoms with E-state index in [1.807, 2.05) is 11.8 Å². The quantitative estimate of drug-likeness (QED) is 0.145. The van der Waals surface area contributed by atoms with E-state index in [1.165, 1.54) is 120 Å². The number of para-hydroxylation sites is 1. The molecule has 0 amide bonds. The van der Waals surface area contributed by atoms with Crippen molar-refractivity contribution in [1.82, 2.24) is 0 Å². The Morgan fingerprint density at radius 2 is 1.14 bits per heavy atom. The second-order valence-corrected chi connectivity index (χ2v) is 10.0. The van der Waals surface area contributed by atoms with Crippen molar-refractivity contribution in [3.63, 3.8) is 0 Å². The molecular formula is C26H46INS. The minimum atomic E-state index is 0. The number of benzene rings is 1. The van der Waals surface area contributed by atoms with Gasteiger partial charge in [0.25, 0.3) is 0 Å². The Bertz CT molecular complexity index is 507. The van der Waals surface area contributed by atoms with Gasteiger partial charge in [-0.1, -0.05) is 127 Å². The van der Waals surface area contributed by atoms with Crippen LogP contribution in [0.2, 0.25) is 0 Å². The summed E-state index contributed by atoms with van der Waals surface area (Å²) in [7, 11) is 0. The Kier molecular flexibility index (Phi) is 16.6. The maximum atomic E-state index is 2.60. The minimum Gasteiger partial charge on any atom is -0.359 e. The smallest absolute Gasteiger partial charge is 0.0769 e. The Hall–Kier alpha value is 0.1000. The number of halogens is 1. The average Bonchev–Trinajstić information content (AvgIpc) is 3.03. The van der Waals surface area contributed by atoms with E-state index in [0.29, 0.717) is 5.37 Å². The van der Waals surface area contributed by atoms with Gasteiger partial charge in [0.2, 0.25) is 0 Å². The van der Waals surface area contributed by atoms with Crippen LogP contribution in [0, 0.1) is 0 Å². The second-order valence-electron chi connectivity index (χ2n) is 8.68. The highest BCUT2D eigenvalue weighted by molar-refractivity contribution is 14.0. The van der Waals surface area contributed by atoms with Gasteiger partial charge in [0.05, 0.1) is 11.1 Å². The molecule has 2 rings (SSSR count). The largest absolute Gasteiger partial charge is 0.359 e. The van der Waals surface area contributed by atoms with Crippen LogP contribution < -0.4 is 4.90 Å². The highest BCUT2D eigenvalue weighted by atomic mass is 127. The normalized spacial score (nSPS) is 15.4. The van der Waals surface area contributed by atoms with Crippen molar-refractivity contribution in [3.05, 3.63) is 24.3 Å². The molecule has 1 atom stereocenters. The lowest BCUT2D eigenvalue weighted by atomic mass is 10.0. The van der Waals surface area contributed by atoms with E-state index in [-0.39, 0.29) is 24.0 Å². The molecule has 1 aliphatic rings. The van der Waals surface area contributed by atoms with Crippen molar-refractivity contribution in [2.24, 2.45) is 0 Å². The van der Waals surface area contributed by atoms with Gasteiger partial charge in [0.15, 0.2) is 0 Å². The Morgan fingerprint density at radius 1 is 0.690 bits per heavy atom. The Morgan fingerprint density at radius 3 is 1.66 bits per heavy atom. The molecule has 0 saturated heterocycles. The molecule has 1 aliphatic heterocycles. The van der Waals surface area contributed by atoms with E-state index >= 15 is 0 Å². The summed E-state index contributed by atoms with van der Waals surface area (Å²) in [6.07, 6.45) is 23.1. The number of thioether (sulfide) groups is 1. The van der Waals surface area contributed by atoms with Crippen LogP contribution in [0.15, 0.2) is 29.2 Å². The van der Waals surface area contributed by atoms with Crippen LogP contribution in [0.4, 0.5) is 5.69 Å². The Balaban J connectivity index is 0.00000420. The predicted molar refractivity (Wildman–Crippen MR) is 144 cm³/mol. The fourth-order valence-electron chi connectivity index (χ4n) is 4.37. The van der Waals surface area contributed by atoms with Crippen LogP contribution >= 0.6 is 35.7 Å². The third-order valence-corrected chi connectivity index (χ3v) is 7.36. The molecule has 0 aliphatic carbocycles. The van der Waals surface area contributed by atoms with E-state index in [1.54, 1.807) is 0 Å². The maximum Gasteiger partial charge on any atom is 0.0769 e. The van der Waals surface area contributed by atoms with Crippen LogP contribution in [0.1, 0.15) is 117 Å². The van der Waals surface area contributed by atoms with Crippen molar-refractivity contribution in [2.45, 2.75) is 127 Å². The third-order valence-electron chi connectivity index (χ3n) is 6.16. The first-order valence-electron chi connectivity index (χ1n) is 12.3. The lowest BCUT2D eigenvalue weighted by molar-refractivity contribution is 0.529. The van der Waals surface area contributed by atoms with Crippen LogP contribution in [0.25, 0.3) is 0 Å². The number of anilines is 1. The first-order chi connectivity index (χ1) is 13.8. The van der Waals surface area contributed by atoms with Crippen LogP contribution in [-0.2, 0) is 0 Å². The second kappa shape index (κ2) is 17.7. The molecule has 0 spiro atoms. The summed E-state index contributed by atoms with van der Waals surface area (Å²) in [5, 5.41) is 0.605. The average molecular weight is 532 g/mol. The zero-order valence-corrected chi connectivity index (χ0v) is 22.3. The summed E-state index contributed by atoms with van der Waals surface area (Å²) in [5.41, 5.74) is 1.46. The number of hydrogen-bond acceptors (Lipinski definition) is 2. The summed E-state index contributed by atoms with van der Waals surface area (Å²) in [6.45, 7) is 5.87. The maximum absolute atomic E-state index is 2.60. The van der Waals surface area contributed by atoms with Crippen molar-refractivity contribution in [1.29, 1.82) is 0 Å². The molecule has 0 radical (unpaired) electrons. The number of rotatable bonds is 17. The van der Waals surface area contributed by atoms with E-state index in [0.717, 1.165) is 0 Å². The van der Waals surface area contributed by atoms with Crippen LogP contribution in [0.5, 0.6) is 0 Å². The number of hydrogen-bond donors (Lipinski definition) is 0. The Labute approximate surface area is 203 Å². The molecular weight excluding hydrogens is 485 g/mol. The van der Waals surface area contributed by atoms with Gasteiger partial charge in [-0.05, 0) is 25.5 Å². The molecule has 168 valence electrons. The lowest BCUT2D eigenvalue weighted by Gasteiger charge is -2.23. The summed E-state index contributed by atoms with van der Waals surface area (Å²) in [6, 6.07) is 8.90. The zero-order chi connectivity index (χ0) is 19.9. The zero-order valence-electron chi connectivity index (χ0n) is 19.2. The molecule has 0 aromatic heterocycles. The number of fused-ring (bicyclic) bond motifs is 1. The fraction of sp³-hybridized carbons (Fsp3) is 0.769. The molecule has 29 heavy (non-hydrogen) atoms. The highest BCUT2D eigenvalue weighted by Gasteiger charge is 2.25. The summed E-state index contributed by atoms with van der Waals surface area (Å²) < 4.78 is 0. The van der Waals surface area contributed by atoms with Gasteiger partial charge >= 0.3 is 0 Å². The van der Waals surface area contributed by atoms with Gasteiger partial charge in [-0.2, -0.15) is 0 Å². The van der Waals surface area contributed by atoms with Crippen LogP contribution in [-0.4, -0.2) is 11.9 Å². The number of unbranched alkanes of at least 4 members (excludes halogenated alkanes) is 15. The molecule has 1 unspecified atom stereocenters. The molecule has 0 fully saturated rings. The lowest BCUT2D eigenvalue weighted by Crippen LogP contribution is -2.27. The van der Waals surface area contributed by atoms with E-state index in [4.69, 9.17) is 0 Å². The molecule has 3 heteroatoms. The molecule has 0 bridgehead atoms. The summed E-state index contributed by atoms with van der Waals surface area (Å²) in [4.78, 5) is 4.07. The first kappa shape index (κ1) is 27.1. The van der Waals surface area contributed by atoms with E-state index in [2.05, 4.69) is 43.0 Å². The molecule has 0 saturated carbocycles. The van der Waals surface area contributed by atoms with Gasteiger partial charge in [-0.25, -0.2) is 0 Å². The van der Waals surface area contributed by atoms with Crippen LogP contribution in [0.3, 0.4) is 0 Å². The highest BCUT2D eigenvalue weighted by Crippen LogP contribution is 2.42. The van der Waals surface area contributed by atoms with Gasteiger partial charge in [-0.15, -0.1) is 24.0 Å². The minimum absolute atomic E-state index is 0. The van der Waals surface area contributed by atoms with Crippen molar-refractivity contribution < 1.29 is 0 Å². The number of nitrogens with zero attached hydrogens (tertiary/aromatic N) is 1. The summed E-state index contributed by atoms with van der Waals surface area (Å²) in [5.74, 6) is 0. The van der Waals surface area contributed by atoms with Crippen molar-refractivity contribution in [2.75, 3.05) is 11.4 Å². The topological polar surface area (TPSA) is 3.24 Å². The van der Waals surface area contributed by atoms with Crippen molar-refractivity contribution in [3.8, 4) is 0 Å². The van der Waals surface area contributed by atoms with Crippen molar-refractivity contribution >= 4 is 41.4 Å². The molecule has 1 heterocycles. The SMILES string of the molecule is CCCCCCCCCCCCCCCCCCN1c2ccccc2SC1C.I. The van der Waals surface area contributed by atoms with Gasteiger partial charge < -0.3 is 4.90 Å². The van der Waals surface area contributed by atoms with Gasteiger partial charge in [0, 0.05) is 11.4 Å². The molecule has 1 aromatic rings. The van der Waals surface area contributed by atoms with E-state index < -0.39 is 0 Å². The molecule has 1 aromatic carbocycles. The van der Waals surface area contributed by atoms with Gasteiger partial charge in [0.1, 0.15) is 0 Å². The molecule has 1 nitrogen and oxygen atoms in total. The fourth-order valence-corrected chi connectivity index (χ4v) is 5.55. The third kappa shape index (κ3) is 11.3. The first-order valence-corrected chi connectivity index (χ1v) is 13.2. The predicted octanol–water partition coefficient (Wildman–Crippen LogP) is 9.82. The standard InChI is InChI=1S/C26H45NS.HI/c1-3-4-5-6-7-8-9-10-11-12-13-14-15-16-17-20-23-27-24(2)28-26-22-19-18-21-25(26)27;/h18-19,21-22,24H,3-17,20,23H2,1-2H3;1H. The summed E-state index contributed by atoms with van der Waals surface area (Å²) >= 11 is 2.01. The monoisotopic (exact) mass is 531 g/mol.